The van der Waals surface area contributed by atoms with Gasteiger partial charge in [0.15, 0.2) is 19.7 Å². The predicted octanol–water partition coefficient (Wildman–Crippen LogP) is 5.49. The Kier molecular flexibility index (Phi) is 7.72. The molecule has 0 heterocycles. The van der Waals surface area contributed by atoms with Crippen LogP contribution in [0.25, 0.3) is 0 Å². The molecule has 0 aliphatic rings. The van der Waals surface area contributed by atoms with Gasteiger partial charge in [0.25, 0.3) is 0 Å². The standard InChI is InChI=1S/C23H19ClF3NO6S2/c1-14(29)28-19-10-16(23(25,26)27)11-21(22(19)36(32,33)13-15-6-4-3-5-7-15)34-20-9-8-17(12-18(20)24)35(2,30)31/h3-12H,13H2,1-2H3,(H,28,29). The number of rotatable bonds is 7. The molecule has 0 aromatic heterocycles. The Balaban J connectivity index is 2.26. The van der Waals surface area contributed by atoms with E-state index in [1.807, 2.05) is 0 Å². The number of benzene rings is 3. The molecule has 0 saturated carbocycles. The van der Waals surface area contributed by atoms with Crippen LogP contribution in [0.5, 0.6) is 11.5 Å². The zero-order valence-corrected chi connectivity index (χ0v) is 21.1. The second-order valence-electron chi connectivity index (χ2n) is 7.74. The number of anilines is 1. The lowest BCUT2D eigenvalue weighted by molar-refractivity contribution is -0.137. The van der Waals surface area contributed by atoms with Crippen molar-refractivity contribution in [3.05, 3.63) is 76.8 Å². The van der Waals surface area contributed by atoms with Crippen molar-refractivity contribution in [3.63, 3.8) is 0 Å². The van der Waals surface area contributed by atoms with E-state index >= 15 is 0 Å². The quantitative estimate of drug-likeness (QED) is 0.409. The largest absolute Gasteiger partial charge is 0.454 e. The van der Waals surface area contributed by atoms with E-state index in [1.165, 1.54) is 12.1 Å². The third kappa shape index (κ3) is 6.56. The lowest BCUT2D eigenvalue weighted by Crippen LogP contribution is -2.16. The van der Waals surface area contributed by atoms with Crippen LogP contribution in [-0.4, -0.2) is 29.0 Å². The van der Waals surface area contributed by atoms with Gasteiger partial charge >= 0.3 is 6.18 Å². The zero-order valence-electron chi connectivity index (χ0n) is 18.8. The number of amides is 1. The minimum atomic E-state index is -4.92. The first-order chi connectivity index (χ1) is 16.6. The summed E-state index contributed by atoms with van der Waals surface area (Å²) < 4.78 is 96.9. The normalized spacial score (nSPS) is 12.3. The topological polar surface area (TPSA) is 107 Å². The molecule has 0 aliphatic carbocycles. The SMILES string of the molecule is CC(=O)Nc1cc(C(F)(F)F)cc(Oc2ccc(S(C)(=O)=O)cc2Cl)c1S(=O)(=O)Cc1ccccc1. The fourth-order valence-corrected chi connectivity index (χ4v) is 5.78. The van der Waals surface area contributed by atoms with E-state index in [9.17, 15) is 34.8 Å². The van der Waals surface area contributed by atoms with Crippen molar-refractivity contribution in [2.24, 2.45) is 0 Å². The van der Waals surface area contributed by atoms with E-state index in [2.05, 4.69) is 5.32 Å². The van der Waals surface area contributed by atoms with E-state index < -0.39 is 59.4 Å². The van der Waals surface area contributed by atoms with Crippen LogP contribution in [0.15, 0.2) is 70.5 Å². The molecule has 0 spiro atoms. The minimum Gasteiger partial charge on any atom is -0.454 e. The Morgan fingerprint density at radius 1 is 0.972 bits per heavy atom. The molecule has 0 atom stereocenters. The van der Waals surface area contributed by atoms with Crippen molar-refractivity contribution in [2.45, 2.75) is 28.6 Å². The van der Waals surface area contributed by atoms with E-state index in [1.54, 1.807) is 18.2 Å². The van der Waals surface area contributed by atoms with Gasteiger partial charge in [-0.25, -0.2) is 16.8 Å². The third-order valence-electron chi connectivity index (χ3n) is 4.75. The second-order valence-corrected chi connectivity index (χ2v) is 12.1. The molecule has 0 saturated heterocycles. The fraction of sp³-hybridized carbons (Fsp3) is 0.174. The number of carbonyl (C=O) groups is 1. The minimum absolute atomic E-state index is 0.181. The zero-order chi connectivity index (χ0) is 26.9. The molecular weight excluding hydrogens is 543 g/mol. The third-order valence-corrected chi connectivity index (χ3v) is 7.92. The van der Waals surface area contributed by atoms with Crippen molar-refractivity contribution >= 4 is 42.9 Å². The van der Waals surface area contributed by atoms with Gasteiger partial charge in [-0.2, -0.15) is 13.2 Å². The molecule has 1 amide bonds. The van der Waals surface area contributed by atoms with Gasteiger partial charge in [0, 0.05) is 13.2 Å². The summed E-state index contributed by atoms with van der Waals surface area (Å²) >= 11 is 6.10. The molecule has 36 heavy (non-hydrogen) atoms. The van der Waals surface area contributed by atoms with Crippen molar-refractivity contribution < 1.29 is 39.5 Å². The van der Waals surface area contributed by atoms with Crippen LogP contribution >= 0.6 is 11.6 Å². The number of hydrogen-bond acceptors (Lipinski definition) is 6. The Labute approximate surface area is 210 Å². The van der Waals surface area contributed by atoms with Gasteiger partial charge in [0.05, 0.1) is 26.9 Å². The summed E-state index contributed by atoms with van der Waals surface area (Å²) in [5.41, 5.74) is -1.58. The monoisotopic (exact) mass is 561 g/mol. The maximum absolute atomic E-state index is 13.7. The maximum Gasteiger partial charge on any atom is 0.416 e. The molecule has 0 bridgehead atoms. The summed E-state index contributed by atoms with van der Waals surface area (Å²) in [4.78, 5) is 10.9. The van der Waals surface area contributed by atoms with Crippen LogP contribution in [0.3, 0.4) is 0 Å². The van der Waals surface area contributed by atoms with Gasteiger partial charge in [-0.05, 0) is 35.9 Å². The van der Waals surface area contributed by atoms with Gasteiger partial charge in [0.1, 0.15) is 16.4 Å². The van der Waals surface area contributed by atoms with E-state index in [0.29, 0.717) is 17.7 Å². The van der Waals surface area contributed by atoms with E-state index in [4.69, 9.17) is 16.3 Å². The molecule has 0 radical (unpaired) electrons. The highest BCUT2D eigenvalue weighted by atomic mass is 35.5. The van der Waals surface area contributed by atoms with Gasteiger partial charge in [-0.15, -0.1) is 0 Å². The summed E-state index contributed by atoms with van der Waals surface area (Å²) in [6.45, 7) is 1.01. The lowest BCUT2D eigenvalue weighted by Gasteiger charge is -2.19. The average molecular weight is 562 g/mol. The number of halogens is 4. The second kappa shape index (κ2) is 10.1. The van der Waals surface area contributed by atoms with E-state index in [-0.39, 0.29) is 15.7 Å². The number of sulfone groups is 2. The van der Waals surface area contributed by atoms with E-state index in [0.717, 1.165) is 31.4 Å². The number of ether oxygens (including phenoxy) is 1. The van der Waals surface area contributed by atoms with Crippen molar-refractivity contribution in [2.75, 3.05) is 11.6 Å². The highest BCUT2D eigenvalue weighted by Gasteiger charge is 2.36. The van der Waals surface area contributed by atoms with Gasteiger partial charge in [0.2, 0.25) is 5.91 Å². The first kappa shape index (κ1) is 27.5. The molecular formula is C23H19ClF3NO6S2. The van der Waals surface area contributed by atoms with Crippen LogP contribution < -0.4 is 10.1 Å². The first-order valence-corrected chi connectivity index (χ1v) is 14.0. The van der Waals surface area contributed by atoms with Crippen molar-refractivity contribution in [3.8, 4) is 11.5 Å². The van der Waals surface area contributed by atoms with Crippen LogP contribution in [0.2, 0.25) is 5.02 Å². The summed E-state index contributed by atoms with van der Waals surface area (Å²) in [5, 5.41) is 1.85. The average Bonchev–Trinajstić information content (AvgIpc) is 2.73. The Bertz CT molecular complexity index is 1520. The lowest BCUT2D eigenvalue weighted by atomic mass is 10.1. The molecule has 192 valence electrons. The number of carbonyl (C=O) groups excluding carboxylic acids is 1. The highest BCUT2D eigenvalue weighted by molar-refractivity contribution is 7.91. The highest BCUT2D eigenvalue weighted by Crippen LogP contribution is 2.43. The van der Waals surface area contributed by atoms with Crippen LogP contribution in [-0.2, 0) is 36.4 Å². The molecule has 0 unspecified atom stereocenters. The summed E-state index contributed by atoms with van der Waals surface area (Å²) in [5.74, 6) is -2.47. The fourth-order valence-electron chi connectivity index (χ4n) is 3.22. The molecule has 3 rings (SSSR count). The Morgan fingerprint density at radius 2 is 1.61 bits per heavy atom. The number of hydrogen-bond donors (Lipinski definition) is 1. The molecule has 3 aromatic carbocycles. The smallest absolute Gasteiger partial charge is 0.416 e. The number of nitrogens with one attached hydrogen (secondary N) is 1. The summed E-state index contributed by atoms with van der Waals surface area (Å²) in [6, 6.07) is 12.1. The predicted molar refractivity (Wildman–Crippen MR) is 128 cm³/mol. The maximum atomic E-state index is 13.7. The first-order valence-electron chi connectivity index (χ1n) is 10.0. The number of alkyl halides is 3. The Morgan fingerprint density at radius 3 is 2.14 bits per heavy atom. The van der Waals surface area contributed by atoms with Crippen LogP contribution in [0.4, 0.5) is 18.9 Å². The molecule has 7 nitrogen and oxygen atoms in total. The molecule has 3 aromatic rings. The van der Waals surface area contributed by atoms with Crippen LogP contribution in [0.1, 0.15) is 18.1 Å². The van der Waals surface area contributed by atoms with Crippen LogP contribution in [0, 0.1) is 0 Å². The van der Waals surface area contributed by atoms with Gasteiger partial charge in [-0.1, -0.05) is 41.9 Å². The molecule has 0 fully saturated rings. The van der Waals surface area contributed by atoms with Crippen molar-refractivity contribution in [1.82, 2.24) is 0 Å². The molecule has 13 heteroatoms. The van der Waals surface area contributed by atoms with Crippen molar-refractivity contribution in [1.29, 1.82) is 0 Å². The molecule has 0 aliphatic heterocycles. The summed E-state index contributed by atoms with van der Waals surface area (Å²) in [7, 11) is -8.05. The van der Waals surface area contributed by atoms with Gasteiger partial charge < -0.3 is 10.1 Å². The molecule has 1 N–H and O–H groups in total. The van der Waals surface area contributed by atoms with Gasteiger partial charge in [-0.3, -0.25) is 4.79 Å². The Hall–Kier alpha value is -3.09. The summed E-state index contributed by atoms with van der Waals surface area (Å²) in [6.07, 6.45) is -3.99.